The molecule has 1 atom stereocenters. The molecule has 0 rings (SSSR count). The molecular weight excluding hydrogens is 94.0 g/mol. The van der Waals surface area contributed by atoms with E-state index in [0.717, 1.165) is 6.92 Å². The number of hydrogen-bond acceptors (Lipinski definition) is 3. The zero-order chi connectivity index (χ0) is 8.58. The van der Waals surface area contributed by atoms with Gasteiger partial charge in [-0.05, 0) is 6.92 Å². The molecule has 0 spiro atoms. The predicted octanol–water partition coefficient (Wildman–Crippen LogP) is -1.11. The van der Waals surface area contributed by atoms with E-state index in [2.05, 4.69) is 0 Å². The lowest BCUT2D eigenvalue weighted by Crippen LogP contribution is -2.31. The van der Waals surface area contributed by atoms with Crippen LogP contribution in [0.4, 0.5) is 0 Å². The third-order valence-electron chi connectivity index (χ3n) is 0.500. The highest BCUT2D eigenvalue weighted by Gasteiger charge is 2.02. The van der Waals surface area contributed by atoms with Crippen molar-refractivity contribution in [3.05, 3.63) is 0 Å². The first-order valence-electron chi connectivity index (χ1n) is 3.22. The lowest BCUT2D eigenvalue weighted by atomic mass is 10.2. The van der Waals surface area contributed by atoms with E-state index in [0.29, 0.717) is 0 Å². The molecule has 0 aromatic heterocycles. The van der Waals surface area contributed by atoms with Crippen LogP contribution in [0, 0.1) is 0 Å². The summed E-state index contributed by atoms with van der Waals surface area (Å²) in [6.07, 6.45) is 0. The topological polar surface area (TPSA) is 63.3 Å². The van der Waals surface area contributed by atoms with Crippen molar-refractivity contribution in [2.75, 3.05) is 6.56 Å². The molecule has 3 N–H and O–H groups in total. The minimum Gasteiger partial charge on any atom is -0.394 e. The van der Waals surface area contributed by atoms with Crippen molar-refractivity contribution < 1.29 is 14.0 Å². The average Bonchev–Trinajstić information content (AvgIpc) is 1.62. The highest BCUT2D eigenvalue weighted by atomic mass is 16.3. The van der Waals surface area contributed by atoms with Gasteiger partial charge in [0.05, 0.1) is 16.7 Å². The van der Waals surface area contributed by atoms with Crippen molar-refractivity contribution >= 4 is 5.78 Å². The molecule has 0 aliphatic rings. The molecule has 3 heteroatoms. The smallest absolute Gasteiger partial charge is 0.148 e. The van der Waals surface area contributed by atoms with Crippen molar-refractivity contribution in [1.29, 1.82) is 0 Å². The Labute approximate surface area is 46.3 Å². The molecule has 0 heterocycles. The Kier molecular flexibility index (Phi) is 1.08. The second-order valence-electron chi connectivity index (χ2n) is 1.08. The first kappa shape index (κ1) is 2.79. The fourth-order valence-corrected chi connectivity index (χ4v) is 0.0787. The van der Waals surface area contributed by atoms with E-state index in [1.165, 1.54) is 0 Å². The summed E-state index contributed by atoms with van der Waals surface area (Å²) in [5.41, 5.74) is 4.83. The highest BCUT2D eigenvalue weighted by molar-refractivity contribution is 5.81. The van der Waals surface area contributed by atoms with Gasteiger partial charge < -0.3 is 10.8 Å². The second-order valence-corrected chi connectivity index (χ2v) is 1.08. The van der Waals surface area contributed by atoms with Crippen LogP contribution in [0.2, 0.25) is 0 Å². The SMILES string of the molecule is [2H]C([2H])(O)C([2H])(N)C(C)=O. The zero-order valence-corrected chi connectivity index (χ0v) is 3.93. The lowest BCUT2D eigenvalue weighted by molar-refractivity contribution is -0.118. The van der Waals surface area contributed by atoms with Crippen LogP contribution in [0.5, 0.6) is 0 Å². The van der Waals surface area contributed by atoms with Gasteiger partial charge >= 0.3 is 0 Å². The van der Waals surface area contributed by atoms with E-state index in [9.17, 15) is 4.79 Å². The van der Waals surface area contributed by atoms with Crippen LogP contribution >= 0.6 is 0 Å². The number of nitrogens with two attached hydrogens (primary N) is 1. The summed E-state index contributed by atoms with van der Waals surface area (Å²) in [4.78, 5) is 10.4. The van der Waals surface area contributed by atoms with Crippen molar-refractivity contribution in [2.24, 2.45) is 5.73 Å². The molecule has 0 fully saturated rings. The van der Waals surface area contributed by atoms with Gasteiger partial charge in [-0.25, -0.2) is 0 Å². The monoisotopic (exact) mass is 106 g/mol. The second kappa shape index (κ2) is 2.71. The molecule has 0 bridgehead atoms. The van der Waals surface area contributed by atoms with Gasteiger partial charge in [-0.1, -0.05) is 0 Å². The van der Waals surface area contributed by atoms with Crippen LogP contribution in [-0.4, -0.2) is 23.5 Å². The average molecular weight is 106 g/mol. The third kappa shape index (κ3) is 2.31. The minimum absolute atomic E-state index is 0.917. The lowest BCUT2D eigenvalue weighted by Gasteiger charge is -1.98. The number of aliphatic hydroxyl groups is 1. The number of hydrogen-bond donors (Lipinski definition) is 2. The molecule has 0 aromatic rings. The summed E-state index contributed by atoms with van der Waals surface area (Å²) in [6, 6.07) is -2.56. The Morgan fingerprint density at radius 1 is 2.43 bits per heavy atom. The van der Waals surface area contributed by atoms with E-state index in [4.69, 9.17) is 15.0 Å². The number of Topliss-reactive ketones (excluding diaryl/α,β-unsaturated/α-hetero) is 1. The third-order valence-corrected chi connectivity index (χ3v) is 0.500. The molecule has 0 aliphatic carbocycles. The van der Waals surface area contributed by atoms with E-state index >= 15 is 0 Å². The summed E-state index contributed by atoms with van der Waals surface area (Å²) < 4.78 is 19.9. The fourth-order valence-electron chi connectivity index (χ4n) is 0.0787. The molecule has 1 unspecified atom stereocenters. The molecule has 42 valence electrons. The summed E-state index contributed by atoms with van der Waals surface area (Å²) in [5.74, 6) is -0.917. The predicted molar refractivity (Wildman–Crippen MR) is 25.7 cm³/mol. The van der Waals surface area contributed by atoms with Gasteiger partial charge in [-0.15, -0.1) is 0 Å². The van der Waals surface area contributed by atoms with Crippen molar-refractivity contribution in [3.8, 4) is 0 Å². The summed E-state index contributed by atoms with van der Waals surface area (Å²) in [5, 5.41) is 8.52. The van der Waals surface area contributed by atoms with Crippen molar-refractivity contribution in [3.63, 3.8) is 0 Å². The van der Waals surface area contributed by atoms with Gasteiger partial charge in [0.15, 0.2) is 0 Å². The number of carbonyl (C=O) groups is 1. The maximum atomic E-state index is 10.4. The van der Waals surface area contributed by atoms with Gasteiger partial charge in [0.2, 0.25) is 0 Å². The van der Waals surface area contributed by atoms with E-state index in [-0.39, 0.29) is 0 Å². The van der Waals surface area contributed by atoms with Gasteiger partial charge in [0, 0.05) is 0 Å². The van der Waals surface area contributed by atoms with E-state index < -0.39 is 18.4 Å². The van der Waals surface area contributed by atoms with E-state index in [1.54, 1.807) is 0 Å². The number of ketones is 1. The van der Waals surface area contributed by atoms with Gasteiger partial charge in [-0.3, -0.25) is 4.79 Å². The molecule has 0 aromatic carbocycles. The standard InChI is InChI=1S/C4H9NO2/c1-3(7)4(5)2-6/h4,6H,2,5H2,1H3/i2D2,4D. The maximum absolute atomic E-state index is 10.4. The summed E-state index contributed by atoms with van der Waals surface area (Å²) >= 11 is 0. The minimum atomic E-state index is -2.99. The Bertz CT molecular complexity index is 151. The van der Waals surface area contributed by atoms with Crippen LogP contribution in [0.3, 0.4) is 0 Å². The molecule has 0 aliphatic heterocycles. The molecule has 0 radical (unpaired) electrons. The van der Waals surface area contributed by atoms with Crippen LogP contribution in [0.1, 0.15) is 11.0 Å². The Morgan fingerprint density at radius 3 is 2.86 bits per heavy atom. The first-order valence-corrected chi connectivity index (χ1v) is 1.72. The molecule has 0 saturated carbocycles. The summed E-state index contributed by atoms with van der Waals surface area (Å²) in [7, 11) is 0. The molecular formula is C4H9NO2. The molecule has 7 heavy (non-hydrogen) atoms. The fraction of sp³-hybridized carbons (Fsp3) is 0.750. The van der Waals surface area contributed by atoms with Gasteiger partial charge in [0.25, 0.3) is 0 Å². The summed E-state index contributed by atoms with van der Waals surface area (Å²) in [6.45, 7) is -2.04. The Morgan fingerprint density at radius 2 is 2.86 bits per heavy atom. The van der Waals surface area contributed by atoms with Crippen LogP contribution < -0.4 is 5.73 Å². The van der Waals surface area contributed by atoms with Crippen molar-refractivity contribution in [2.45, 2.75) is 12.9 Å². The Hall–Kier alpha value is -0.410. The van der Waals surface area contributed by atoms with Crippen LogP contribution in [0.25, 0.3) is 0 Å². The van der Waals surface area contributed by atoms with Gasteiger partial charge in [-0.2, -0.15) is 0 Å². The molecule has 0 saturated heterocycles. The largest absolute Gasteiger partial charge is 0.394 e. The van der Waals surface area contributed by atoms with Crippen molar-refractivity contribution in [1.82, 2.24) is 0 Å². The highest BCUT2D eigenvalue weighted by Crippen LogP contribution is 1.74. The van der Waals surface area contributed by atoms with Gasteiger partial charge in [0.1, 0.15) is 5.78 Å². The Balaban J connectivity index is 4.57. The molecule has 0 amide bonds. The molecule has 3 nitrogen and oxygen atoms in total. The quantitative estimate of drug-likeness (QED) is 0.469. The number of carbonyl (C=O) groups excluding carboxylic acids is 1. The normalized spacial score (nSPS) is 26.4. The first-order chi connectivity index (χ1) is 4.19. The van der Waals surface area contributed by atoms with E-state index in [1.807, 2.05) is 0 Å². The maximum Gasteiger partial charge on any atom is 0.148 e. The zero-order valence-electron chi connectivity index (χ0n) is 6.93. The number of rotatable bonds is 2. The van der Waals surface area contributed by atoms with Crippen LogP contribution in [-0.2, 0) is 4.79 Å². The van der Waals surface area contributed by atoms with Crippen LogP contribution in [0.15, 0.2) is 0 Å².